The number of hydrogen-bond donors (Lipinski definition) is 0. The van der Waals surface area contributed by atoms with E-state index in [9.17, 15) is 19.2 Å². The third kappa shape index (κ3) is 9.41. The lowest BCUT2D eigenvalue weighted by Crippen LogP contribution is -2.35. The molecule has 0 fully saturated rings. The number of rotatable bonds is 12. The number of esters is 4. The van der Waals surface area contributed by atoms with E-state index in [2.05, 4.69) is 0 Å². The third-order valence-electron chi connectivity index (χ3n) is 9.60. The van der Waals surface area contributed by atoms with Gasteiger partial charge in [0, 0.05) is 24.1 Å². The van der Waals surface area contributed by atoms with E-state index in [0.717, 1.165) is 5.56 Å². The fourth-order valence-corrected chi connectivity index (χ4v) is 6.53. The highest BCUT2D eigenvalue weighted by Crippen LogP contribution is 2.44. The molecule has 2 atom stereocenters. The number of ether oxygens (including phenoxy) is 6. The molecule has 0 aliphatic carbocycles. The minimum absolute atomic E-state index is 0.0407. The Morgan fingerprint density at radius 2 is 0.967 bits per heavy atom. The van der Waals surface area contributed by atoms with Crippen molar-refractivity contribution < 1.29 is 47.6 Å². The number of carbonyl (C=O) groups excluding carboxylic acids is 4. The van der Waals surface area contributed by atoms with E-state index in [4.69, 9.17) is 28.4 Å². The van der Waals surface area contributed by atoms with Crippen molar-refractivity contribution in [2.75, 3.05) is 0 Å². The van der Waals surface area contributed by atoms with Gasteiger partial charge in [0.25, 0.3) is 0 Å². The highest BCUT2D eigenvalue weighted by molar-refractivity contribution is 5.93. The molecular formula is C50H36O10. The number of hydrogen-bond acceptors (Lipinski definition) is 10. The van der Waals surface area contributed by atoms with Crippen LogP contribution >= 0.6 is 0 Å². The molecule has 10 heteroatoms. The first-order chi connectivity index (χ1) is 29.4. The van der Waals surface area contributed by atoms with Crippen molar-refractivity contribution >= 4 is 23.9 Å². The molecule has 1 heterocycles. The molecular weight excluding hydrogens is 761 g/mol. The fraction of sp³-hybridized carbons (Fsp3) is 0.0800. The summed E-state index contributed by atoms with van der Waals surface area (Å²) in [6, 6.07) is 51.5. The molecule has 0 unspecified atom stereocenters. The maximum atomic E-state index is 13.8. The molecule has 8 rings (SSSR count). The summed E-state index contributed by atoms with van der Waals surface area (Å²) in [6.07, 6.45) is -1.82. The molecule has 0 saturated carbocycles. The van der Waals surface area contributed by atoms with Gasteiger partial charge in [-0.1, -0.05) is 97.1 Å². The maximum Gasteiger partial charge on any atom is 0.343 e. The molecule has 1 aliphatic heterocycles. The van der Waals surface area contributed by atoms with Gasteiger partial charge in [-0.2, -0.15) is 0 Å². The smallest absolute Gasteiger partial charge is 0.343 e. The summed E-state index contributed by atoms with van der Waals surface area (Å²) in [7, 11) is 0. The van der Waals surface area contributed by atoms with Gasteiger partial charge in [-0.05, 0) is 83.9 Å². The van der Waals surface area contributed by atoms with Gasteiger partial charge in [0.05, 0.1) is 22.3 Å². The van der Waals surface area contributed by atoms with Crippen LogP contribution in [0.15, 0.2) is 182 Å². The molecule has 10 nitrogen and oxygen atoms in total. The number of carbonyl (C=O) groups is 4. The van der Waals surface area contributed by atoms with E-state index in [-0.39, 0.29) is 35.0 Å². The molecule has 0 amide bonds. The highest BCUT2D eigenvalue weighted by atomic mass is 16.6. The van der Waals surface area contributed by atoms with Crippen LogP contribution in [0.25, 0.3) is 0 Å². The predicted octanol–water partition coefficient (Wildman–Crippen LogP) is 9.82. The molecule has 7 aromatic rings. The summed E-state index contributed by atoms with van der Waals surface area (Å²) in [4.78, 5) is 53.2. The van der Waals surface area contributed by atoms with Gasteiger partial charge in [-0.15, -0.1) is 0 Å². The second-order valence-corrected chi connectivity index (χ2v) is 13.7. The minimum atomic E-state index is -0.955. The summed E-state index contributed by atoms with van der Waals surface area (Å²) >= 11 is 0. The predicted molar refractivity (Wildman–Crippen MR) is 221 cm³/mol. The standard InChI is InChI=1S/C50H36O10/c51-47(35-15-7-2-8-16-35)56-40-27-21-34(22-28-40)46-45(60-50(54)38-23-25-39(26-24-38)55-32-33-13-5-1-6-14-33)31-42-43(58-46)29-41(57-48(52)36-17-9-3-10-18-36)30-44(42)59-49(53)37-19-11-4-12-20-37/h1-30,45-46H,31-32H2/t45-,46+/m1/s1. The minimum Gasteiger partial charge on any atom is -0.489 e. The molecule has 0 N–H and O–H groups in total. The normalized spacial score (nSPS) is 14.1. The summed E-state index contributed by atoms with van der Waals surface area (Å²) in [6.45, 7) is 0.361. The Bertz CT molecular complexity index is 2600. The van der Waals surface area contributed by atoms with Crippen LogP contribution in [0.2, 0.25) is 0 Å². The molecule has 296 valence electrons. The van der Waals surface area contributed by atoms with Gasteiger partial charge >= 0.3 is 23.9 Å². The van der Waals surface area contributed by atoms with Crippen molar-refractivity contribution in [1.82, 2.24) is 0 Å². The third-order valence-corrected chi connectivity index (χ3v) is 9.60. The molecule has 1 aliphatic rings. The van der Waals surface area contributed by atoms with Gasteiger partial charge in [0.1, 0.15) is 41.5 Å². The Morgan fingerprint density at radius 3 is 1.53 bits per heavy atom. The van der Waals surface area contributed by atoms with Crippen molar-refractivity contribution in [2.24, 2.45) is 0 Å². The van der Waals surface area contributed by atoms with Gasteiger partial charge in [-0.3, -0.25) is 0 Å². The molecule has 60 heavy (non-hydrogen) atoms. The van der Waals surface area contributed by atoms with E-state index in [0.29, 0.717) is 40.2 Å². The molecule has 0 bridgehead atoms. The lowest BCUT2D eigenvalue weighted by Gasteiger charge is -2.34. The maximum absolute atomic E-state index is 13.8. The summed E-state index contributed by atoms with van der Waals surface area (Å²) in [5, 5.41) is 0. The van der Waals surface area contributed by atoms with Crippen LogP contribution in [-0.2, 0) is 17.8 Å². The van der Waals surface area contributed by atoms with E-state index < -0.39 is 36.1 Å². The number of benzene rings is 7. The van der Waals surface area contributed by atoms with Crippen LogP contribution in [0.5, 0.6) is 28.7 Å². The SMILES string of the molecule is O=C(Oc1ccc([C@@H]2Oc3cc(OC(=O)c4ccccc4)cc(OC(=O)c4ccccc4)c3C[C@H]2OC(=O)c2ccc(OCc3ccccc3)cc2)cc1)c1ccccc1. The zero-order valence-corrected chi connectivity index (χ0v) is 32.0. The monoisotopic (exact) mass is 796 g/mol. The Morgan fingerprint density at radius 1 is 0.483 bits per heavy atom. The fourth-order valence-electron chi connectivity index (χ4n) is 6.53. The lowest BCUT2D eigenvalue weighted by atomic mass is 9.93. The van der Waals surface area contributed by atoms with Crippen molar-refractivity contribution in [2.45, 2.75) is 25.2 Å². The Hall–Kier alpha value is -7.98. The Labute approximate surface area is 345 Å². The van der Waals surface area contributed by atoms with Crippen LogP contribution in [0.3, 0.4) is 0 Å². The van der Waals surface area contributed by atoms with Gasteiger partial charge in [-0.25, -0.2) is 19.2 Å². The van der Waals surface area contributed by atoms with Crippen molar-refractivity contribution in [1.29, 1.82) is 0 Å². The van der Waals surface area contributed by atoms with E-state index in [1.54, 1.807) is 140 Å². The number of fused-ring (bicyclic) bond motifs is 1. The van der Waals surface area contributed by atoms with E-state index >= 15 is 0 Å². The van der Waals surface area contributed by atoms with Crippen LogP contribution in [0, 0.1) is 0 Å². The summed E-state index contributed by atoms with van der Waals surface area (Å²) in [5.74, 6) is -1.23. The average Bonchev–Trinajstić information content (AvgIpc) is 3.30. The van der Waals surface area contributed by atoms with Gasteiger partial charge < -0.3 is 28.4 Å². The van der Waals surface area contributed by atoms with Gasteiger partial charge in [0.2, 0.25) is 0 Å². The first-order valence-corrected chi connectivity index (χ1v) is 19.1. The molecule has 0 saturated heterocycles. The second-order valence-electron chi connectivity index (χ2n) is 13.7. The van der Waals surface area contributed by atoms with Crippen LogP contribution in [-0.4, -0.2) is 30.0 Å². The lowest BCUT2D eigenvalue weighted by molar-refractivity contribution is -0.0189. The molecule has 0 aromatic heterocycles. The summed E-state index contributed by atoms with van der Waals surface area (Å²) in [5.41, 5.74) is 3.26. The Balaban J connectivity index is 1.10. The highest BCUT2D eigenvalue weighted by Gasteiger charge is 2.37. The Kier molecular flexibility index (Phi) is 11.7. The van der Waals surface area contributed by atoms with Gasteiger partial charge in [0.15, 0.2) is 6.10 Å². The zero-order chi connectivity index (χ0) is 41.3. The van der Waals surface area contributed by atoms with Crippen LogP contribution in [0.4, 0.5) is 0 Å². The second kappa shape index (κ2) is 18.1. The molecule has 0 radical (unpaired) electrons. The quantitative estimate of drug-likeness (QED) is 0.0872. The average molecular weight is 797 g/mol. The molecule has 0 spiro atoms. The zero-order valence-electron chi connectivity index (χ0n) is 32.0. The largest absolute Gasteiger partial charge is 0.489 e. The summed E-state index contributed by atoms with van der Waals surface area (Å²) < 4.78 is 36.1. The van der Waals surface area contributed by atoms with Crippen molar-refractivity contribution in [3.05, 3.63) is 221 Å². The van der Waals surface area contributed by atoms with Crippen LogP contribution < -0.4 is 23.7 Å². The first kappa shape index (κ1) is 38.9. The first-order valence-electron chi connectivity index (χ1n) is 19.1. The van der Waals surface area contributed by atoms with Crippen molar-refractivity contribution in [3.63, 3.8) is 0 Å². The van der Waals surface area contributed by atoms with E-state index in [1.165, 1.54) is 12.1 Å². The topological polar surface area (TPSA) is 124 Å². The van der Waals surface area contributed by atoms with E-state index in [1.807, 2.05) is 30.3 Å². The van der Waals surface area contributed by atoms with Crippen LogP contribution in [0.1, 0.15) is 64.2 Å². The molecule has 7 aromatic carbocycles. The van der Waals surface area contributed by atoms with Crippen molar-refractivity contribution in [3.8, 4) is 28.7 Å².